The Balaban J connectivity index is 2.24. The van der Waals surface area contributed by atoms with Crippen LogP contribution in [0.15, 0.2) is 54.7 Å². The lowest BCUT2D eigenvalue weighted by Gasteiger charge is -2.14. The summed E-state index contributed by atoms with van der Waals surface area (Å²) in [4.78, 5) is 15.8. The van der Waals surface area contributed by atoms with Crippen LogP contribution in [0.3, 0.4) is 0 Å². The first-order chi connectivity index (χ1) is 11.7. The summed E-state index contributed by atoms with van der Waals surface area (Å²) in [5.41, 5.74) is 4.69. The smallest absolute Gasteiger partial charge is 0.307 e. The normalized spacial score (nSPS) is 10.9. The van der Waals surface area contributed by atoms with Gasteiger partial charge < -0.3 is 9.84 Å². The molecule has 24 heavy (non-hydrogen) atoms. The number of para-hydroxylation sites is 1. The van der Waals surface area contributed by atoms with Crippen LogP contribution in [0, 0.1) is 0 Å². The maximum absolute atomic E-state index is 11.3. The molecule has 4 heteroatoms. The Hall–Kier alpha value is -2.72. The van der Waals surface area contributed by atoms with Crippen molar-refractivity contribution in [3.63, 3.8) is 0 Å². The molecule has 0 aliphatic heterocycles. The predicted octanol–water partition coefficient (Wildman–Crippen LogP) is 3.72. The van der Waals surface area contributed by atoms with E-state index in [2.05, 4.69) is 4.98 Å². The minimum Gasteiger partial charge on any atom is -0.481 e. The molecule has 2 aromatic carbocycles. The van der Waals surface area contributed by atoms with E-state index in [9.17, 15) is 9.90 Å². The maximum atomic E-state index is 11.3. The molecule has 0 unspecified atom stereocenters. The number of fused-ring (bicyclic) bond motifs is 1. The van der Waals surface area contributed by atoms with Gasteiger partial charge in [0.25, 0.3) is 0 Å². The van der Waals surface area contributed by atoms with E-state index in [-0.39, 0.29) is 6.42 Å². The summed E-state index contributed by atoms with van der Waals surface area (Å²) in [6.07, 6.45) is 2.41. The van der Waals surface area contributed by atoms with Gasteiger partial charge in [0.1, 0.15) is 0 Å². The van der Waals surface area contributed by atoms with Crippen LogP contribution >= 0.6 is 0 Å². The van der Waals surface area contributed by atoms with Crippen LogP contribution in [-0.2, 0) is 22.4 Å². The van der Waals surface area contributed by atoms with E-state index in [0.29, 0.717) is 6.61 Å². The largest absolute Gasteiger partial charge is 0.481 e. The number of hydrogen-bond donors (Lipinski definition) is 1. The van der Waals surface area contributed by atoms with Gasteiger partial charge in [0.2, 0.25) is 0 Å². The van der Waals surface area contributed by atoms with E-state index in [4.69, 9.17) is 4.74 Å². The number of ether oxygens (including phenoxy) is 1. The highest BCUT2D eigenvalue weighted by Crippen LogP contribution is 2.32. The lowest BCUT2D eigenvalue weighted by molar-refractivity contribution is -0.136. The molecule has 0 amide bonds. The first kappa shape index (κ1) is 16.1. The fourth-order valence-corrected chi connectivity index (χ4v) is 2.98. The molecule has 122 valence electrons. The summed E-state index contributed by atoms with van der Waals surface area (Å²) >= 11 is 0. The van der Waals surface area contributed by atoms with Crippen molar-refractivity contribution in [3.05, 3.63) is 65.9 Å². The second-order valence-electron chi connectivity index (χ2n) is 5.65. The number of carboxylic acid groups (broad SMARTS) is 1. The second kappa shape index (κ2) is 7.23. The standard InChI is InChI=1S/C20H19NO3/c1-24-11-10-15-8-5-9-17-19(14-6-3-2-4-7-14)16(12-18(22)23)13-21-20(15)17/h2-9,13H,10-12H2,1H3,(H,22,23). The lowest BCUT2D eigenvalue weighted by atomic mass is 9.93. The molecule has 0 aliphatic carbocycles. The van der Waals surface area contributed by atoms with Gasteiger partial charge in [0.05, 0.1) is 18.5 Å². The van der Waals surface area contributed by atoms with E-state index in [1.54, 1.807) is 13.3 Å². The van der Waals surface area contributed by atoms with Crippen molar-refractivity contribution in [1.82, 2.24) is 4.98 Å². The third-order valence-corrected chi connectivity index (χ3v) is 4.04. The molecule has 0 saturated carbocycles. The lowest BCUT2D eigenvalue weighted by Crippen LogP contribution is -2.04. The van der Waals surface area contributed by atoms with Crippen molar-refractivity contribution in [3.8, 4) is 11.1 Å². The summed E-state index contributed by atoms with van der Waals surface area (Å²) in [6.45, 7) is 0.623. The molecule has 0 fully saturated rings. The summed E-state index contributed by atoms with van der Waals surface area (Å²) < 4.78 is 5.18. The van der Waals surface area contributed by atoms with E-state index in [1.807, 2.05) is 48.5 Å². The third-order valence-electron chi connectivity index (χ3n) is 4.04. The Labute approximate surface area is 140 Å². The van der Waals surface area contributed by atoms with E-state index in [0.717, 1.165) is 39.6 Å². The van der Waals surface area contributed by atoms with Crippen LogP contribution in [-0.4, -0.2) is 29.8 Å². The molecule has 3 aromatic rings. The van der Waals surface area contributed by atoms with Gasteiger partial charge in [-0.2, -0.15) is 0 Å². The highest BCUT2D eigenvalue weighted by molar-refractivity contribution is 5.98. The Bertz CT molecular complexity index is 859. The first-order valence-electron chi connectivity index (χ1n) is 7.86. The Kier molecular flexibility index (Phi) is 4.87. The zero-order valence-electron chi connectivity index (χ0n) is 13.5. The molecule has 1 aromatic heterocycles. The van der Waals surface area contributed by atoms with Gasteiger partial charge in [-0.05, 0) is 28.7 Å². The van der Waals surface area contributed by atoms with Gasteiger partial charge in [-0.1, -0.05) is 48.5 Å². The summed E-state index contributed by atoms with van der Waals surface area (Å²) in [6, 6.07) is 15.9. The van der Waals surface area contributed by atoms with Crippen LogP contribution in [0.2, 0.25) is 0 Å². The van der Waals surface area contributed by atoms with E-state index < -0.39 is 5.97 Å². The van der Waals surface area contributed by atoms with Gasteiger partial charge in [-0.15, -0.1) is 0 Å². The molecular formula is C20H19NO3. The average Bonchev–Trinajstić information content (AvgIpc) is 2.59. The molecular weight excluding hydrogens is 302 g/mol. The molecule has 1 heterocycles. The maximum Gasteiger partial charge on any atom is 0.307 e. The van der Waals surface area contributed by atoms with Gasteiger partial charge in [0.15, 0.2) is 0 Å². The summed E-state index contributed by atoms with van der Waals surface area (Å²) in [5.74, 6) is -0.858. The molecule has 3 rings (SSSR count). The van der Waals surface area contributed by atoms with Crippen LogP contribution in [0.5, 0.6) is 0 Å². The quantitative estimate of drug-likeness (QED) is 0.752. The zero-order valence-corrected chi connectivity index (χ0v) is 13.5. The first-order valence-corrected chi connectivity index (χ1v) is 7.86. The number of carboxylic acids is 1. The molecule has 0 spiro atoms. The summed E-state index contributed by atoms with van der Waals surface area (Å²) in [7, 11) is 1.68. The Morgan fingerprint density at radius 3 is 2.58 bits per heavy atom. The predicted molar refractivity (Wildman–Crippen MR) is 94.1 cm³/mol. The highest BCUT2D eigenvalue weighted by Gasteiger charge is 2.15. The Morgan fingerprint density at radius 2 is 1.88 bits per heavy atom. The number of methoxy groups -OCH3 is 1. The van der Waals surface area contributed by atoms with E-state index in [1.165, 1.54) is 0 Å². The zero-order chi connectivity index (χ0) is 16.9. The van der Waals surface area contributed by atoms with Crippen molar-refractivity contribution in [2.75, 3.05) is 13.7 Å². The molecule has 0 aliphatic rings. The molecule has 1 N–H and O–H groups in total. The number of hydrogen-bond acceptors (Lipinski definition) is 3. The van der Waals surface area contributed by atoms with Crippen molar-refractivity contribution in [1.29, 1.82) is 0 Å². The highest BCUT2D eigenvalue weighted by atomic mass is 16.5. The van der Waals surface area contributed by atoms with E-state index >= 15 is 0 Å². The minimum atomic E-state index is -0.858. The number of nitrogens with zero attached hydrogens (tertiary/aromatic N) is 1. The fraction of sp³-hybridized carbons (Fsp3) is 0.200. The molecule has 0 atom stereocenters. The topological polar surface area (TPSA) is 59.4 Å². The van der Waals surface area contributed by atoms with Crippen molar-refractivity contribution in [2.24, 2.45) is 0 Å². The minimum absolute atomic E-state index is 0.0462. The van der Waals surface area contributed by atoms with Crippen molar-refractivity contribution in [2.45, 2.75) is 12.8 Å². The number of carbonyl (C=O) groups is 1. The van der Waals surface area contributed by atoms with Crippen molar-refractivity contribution < 1.29 is 14.6 Å². The third kappa shape index (κ3) is 3.29. The van der Waals surface area contributed by atoms with Gasteiger partial charge in [0, 0.05) is 18.7 Å². The number of rotatable bonds is 6. The molecule has 0 saturated heterocycles. The molecule has 0 bridgehead atoms. The van der Waals surface area contributed by atoms with Gasteiger partial charge in [-0.3, -0.25) is 9.78 Å². The number of benzene rings is 2. The summed E-state index contributed by atoms with van der Waals surface area (Å²) in [5, 5.41) is 10.2. The van der Waals surface area contributed by atoms with Crippen LogP contribution in [0.25, 0.3) is 22.0 Å². The number of aromatic nitrogens is 1. The van der Waals surface area contributed by atoms with Crippen LogP contribution in [0.4, 0.5) is 0 Å². The van der Waals surface area contributed by atoms with Gasteiger partial charge >= 0.3 is 5.97 Å². The second-order valence-corrected chi connectivity index (χ2v) is 5.65. The average molecular weight is 321 g/mol. The van der Waals surface area contributed by atoms with Crippen LogP contribution < -0.4 is 0 Å². The molecule has 4 nitrogen and oxygen atoms in total. The number of aliphatic carboxylic acids is 1. The van der Waals surface area contributed by atoms with Crippen LogP contribution in [0.1, 0.15) is 11.1 Å². The number of pyridine rings is 1. The van der Waals surface area contributed by atoms with Crippen molar-refractivity contribution >= 4 is 16.9 Å². The fourth-order valence-electron chi connectivity index (χ4n) is 2.98. The van der Waals surface area contributed by atoms with Gasteiger partial charge in [-0.25, -0.2) is 0 Å². The Morgan fingerprint density at radius 1 is 1.08 bits per heavy atom. The molecule has 0 radical (unpaired) electrons. The monoisotopic (exact) mass is 321 g/mol. The SMILES string of the molecule is COCCc1cccc2c(-c3ccccc3)c(CC(=O)O)cnc12.